The summed E-state index contributed by atoms with van der Waals surface area (Å²) in [6.07, 6.45) is 2.30. The molecule has 3 heteroatoms. The van der Waals surface area contributed by atoms with Gasteiger partial charge >= 0.3 is 0 Å². The second-order valence-electron chi connectivity index (χ2n) is 3.35. The molecule has 0 aromatic heterocycles. The lowest BCUT2D eigenvalue weighted by atomic mass is 10.2. The molecule has 1 rings (SSSR count). The molecule has 0 atom stereocenters. The van der Waals surface area contributed by atoms with Crippen molar-refractivity contribution in [1.29, 1.82) is 0 Å². The summed E-state index contributed by atoms with van der Waals surface area (Å²) >= 11 is 1.85. The Hall–Kier alpha value is -0.510. The Morgan fingerprint density at radius 1 is 1.20 bits per heavy atom. The first kappa shape index (κ1) is 12.6. The molecular weight excluding hydrogens is 208 g/mol. The summed E-state index contributed by atoms with van der Waals surface area (Å²) in [5, 5.41) is 8.88. The highest BCUT2D eigenvalue weighted by molar-refractivity contribution is 7.99. The van der Waals surface area contributed by atoms with Gasteiger partial charge in [-0.1, -0.05) is 12.1 Å². The van der Waals surface area contributed by atoms with Crippen molar-refractivity contribution in [2.45, 2.75) is 24.3 Å². The van der Waals surface area contributed by atoms with Crippen LogP contribution < -0.4 is 0 Å². The molecule has 0 heterocycles. The van der Waals surface area contributed by atoms with Gasteiger partial charge < -0.3 is 9.84 Å². The lowest BCUT2D eigenvalue weighted by Gasteiger charge is -2.02. The molecule has 84 valence electrons. The molecule has 0 aliphatic carbocycles. The summed E-state index contributed by atoms with van der Waals surface area (Å²) in [6, 6.07) is 8.06. The highest BCUT2D eigenvalue weighted by atomic mass is 32.2. The van der Waals surface area contributed by atoms with Crippen molar-refractivity contribution in [3.63, 3.8) is 0 Å². The van der Waals surface area contributed by atoms with Crippen molar-refractivity contribution in [2.75, 3.05) is 19.5 Å². The van der Waals surface area contributed by atoms with Crippen molar-refractivity contribution >= 4 is 11.8 Å². The van der Waals surface area contributed by atoms with Crippen LogP contribution in [-0.2, 0) is 11.3 Å². The van der Waals surface area contributed by atoms with Crippen LogP contribution in [0.5, 0.6) is 0 Å². The summed E-state index contributed by atoms with van der Waals surface area (Å²) in [6.45, 7) is 0.975. The highest BCUT2D eigenvalue weighted by Crippen LogP contribution is 2.19. The normalized spacial score (nSPS) is 10.5. The molecule has 0 amide bonds. The van der Waals surface area contributed by atoms with E-state index >= 15 is 0 Å². The Kier molecular flexibility index (Phi) is 6.48. The van der Waals surface area contributed by atoms with Crippen LogP contribution in [0.15, 0.2) is 29.2 Å². The predicted molar refractivity (Wildman–Crippen MR) is 64.2 cm³/mol. The van der Waals surface area contributed by atoms with E-state index in [1.165, 1.54) is 11.3 Å². The van der Waals surface area contributed by atoms with Gasteiger partial charge in [-0.2, -0.15) is 0 Å². The number of thioether (sulfide) groups is 1. The average Bonchev–Trinajstić information content (AvgIpc) is 2.30. The van der Waals surface area contributed by atoms with Crippen molar-refractivity contribution in [2.24, 2.45) is 0 Å². The van der Waals surface area contributed by atoms with Crippen LogP contribution in [0.1, 0.15) is 18.4 Å². The van der Waals surface area contributed by atoms with Gasteiger partial charge in [-0.25, -0.2) is 0 Å². The molecule has 1 N–H and O–H groups in total. The largest absolute Gasteiger partial charge is 0.392 e. The van der Waals surface area contributed by atoms with Crippen molar-refractivity contribution in [3.8, 4) is 0 Å². The van der Waals surface area contributed by atoms with Gasteiger partial charge in [0.25, 0.3) is 0 Å². The Morgan fingerprint density at radius 2 is 1.93 bits per heavy atom. The van der Waals surface area contributed by atoms with Crippen molar-refractivity contribution in [1.82, 2.24) is 0 Å². The third-order valence-electron chi connectivity index (χ3n) is 2.12. The zero-order valence-corrected chi connectivity index (χ0v) is 9.93. The van der Waals surface area contributed by atoms with Gasteiger partial charge in [-0.05, 0) is 36.3 Å². The van der Waals surface area contributed by atoms with Crippen LogP contribution in [0.25, 0.3) is 0 Å². The van der Waals surface area contributed by atoms with Crippen LogP contribution in [0.3, 0.4) is 0 Å². The summed E-state index contributed by atoms with van der Waals surface area (Å²) in [5.41, 5.74) is 0.971. The molecule has 0 aliphatic heterocycles. The molecule has 1 aromatic rings. The number of hydrogen-bond donors (Lipinski definition) is 1. The van der Waals surface area contributed by atoms with Gasteiger partial charge in [0.2, 0.25) is 0 Å². The molecule has 0 bridgehead atoms. The smallest absolute Gasteiger partial charge is 0.0681 e. The Bertz CT molecular complexity index is 259. The number of ether oxygens (including phenoxy) is 1. The van der Waals surface area contributed by atoms with E-state index in [4.69, 9.17) is 9.84 Å². The van der Waals surface area contributed by atoms with E-state index in [0.717, 1.165) is 24.3 Å². The molecule has 0 saturated heterocycles. The van der Waals surface area contributed by atoms with Crippen LogP contribution in [0.2, 0.25) is 0 Å². The average molecular weight is 226 g/mol. The van der Waals surface area contributed by atoms with E-state index in [2.05, 4.69) is 12.1 Å². The summed E-state index contributed by atoms with van der Waals surface area (Å²) in [7, 11) is 1.74. The minimum atomic E-state index is 0.124. The van der Waals surface area contributed by atoms with Crippen LogP contribution >= 0.6 is 11.8 Å². The Labute approximate surface area is 95.7 Å². The Morgan fingerprint density at radius 3 is 2.53 bits per heavy atom. The van der Waals surface area contributed by atoms with E-state index in [1.54, 1.807) is 7.11 Å². The topological polar surface area (TPSA) is 29.5 Å². The number of aliphatic hydroxyl groups excluding tert-OH is 1. The molecular formula is C12H18O2S. The van der Waals surface area contributed by atoms with Crippen LogP contribution in [-0.4, -0.2) is 24.6 Å². The van der Waals surface area contributed by atoms with E-state index < -0.39 is 0 Å². The molecule has 0 unspecified atom stereocenters. The van der Waals surface area contributed by atoms with E-state index in [9.17, 15) is 0 Å². The van der Waals surface area contributed by atoms with Crippen molar-refractivity contribution in [3.05, 3.63) is 29.8 Å². The zero-order chi connectivity index (χ0) is 10.9. The third-order valence-corrected chi connectivity index (χ3v) is 3.22. The van der Waals surface area contributed by atoms with Gasteiger partial charge in [0.1, 0.15) is 0 Å². The lowest BCUT2D eigenvalue weighted by Crippen LogP contribution is -1.89. The van der Waals surface area contributed by atoms with E-state index in [-0.39, 0.29) is 6.61 Å². The maximum absolute atomic E-state index is 8.88. The van der Waals surface area contributed by atoms with Gasteiger partial charge in [-0.15, -0.1) is 11.8 Å². The summed E-state index contributed by atoms with van der Waals surface area (Å²) < 4.78 is 4.99. The fourth-order valence-corrected chi connectivity index (χ4v) is 2.14. The predicted octanol–water partition coefficient (Wildman–Crippen LogP) is 2.70. The van der Waals surface area contributed by atoms with Crippen LogP contribution in [0, 0.1) is 0 Å². The molecule has 1 aromatic carbocycles. The maximum atomic E-state index is 8.88. The molecule has 0 radical (unpaired) electrons. The number of methoxy groups -OCH3 is 1. The summed E-state index contributed by atoms with van der Waals surface area (Å²) in [4.78, 5) is 1.27. The fourth-order valence-electron chi connectivity index (χ4n) is 1.23. The van der Waals surface area contributed by atoms with E-state index in [1.807, 2.05) is 23.9 Å². The highest BCUT2D eigenvalue weighted by Gasteiger charge is 1.95. The molecule has 0 fully saturated rings. The first-order valence-electron chi connectivity index (χ1n) is 5.18. The minimum Gasteiger partial charge on any atom is -0.392 e. The third kappa shape index (κ3) is 5.21. The van der Waals surface area contributed by atoms with Crippen LogP contribution in [0.4, 0.5) is 0 Å². The maximum Gasteiger partial charge on any atom is 0.0681 e. The monoisotopic (exact) mass is 226 g/mol. The van der Waals surface area contributed by atoms with Gasteiger partial charge in [-0.3, -0.25) is 0 Å². The second kappa shape index (κ2) is 7.74. The van der Waals surface area contributed by atoms with Crippen molar-refractivity contribution < 1.29 is 9.84 Å². The van der Waals surface area contributed by atoms with Gasteiger partial charge in [0.05, 0.1) is 6.61 Å². The molecule has 15 heavy (non-hydrogen) atoms. The number of unbranched alkanes of at least 4 members (excludes halogenated alkanes) is 1. The standard InChI is InChI=1S/C12H18O2S/c1-14-8-2-3-9-15-12-6-4-11(10-13)5-7-12/h4-7,13H,2-3,8-10H2,1H3. The van der Waals surface area contributed by atoms with Gasteiger partial charge in [0, 0.05) is 18.6 Å². The Balaban J connectivity index is 2.20. The molecule has 0 aliphatic rings. The van der Waals surface area contributed by atoms with E-state index in [0.29, 0.717) is 0 Å². The lowest BCUT2D eigenvalue weighted by molar-refractivity contribution is 0.194. The number of aliphatic hydroxyl groups is 1. The zero-order valence-electron chi connectivity index (χ0n) is 9.11. The fraction of sp³-hybridized carbons (Fsp3) is 0.500. The van der Waals surface area contributed by atoms with Gasteiger partial charge in [0.15, 0.2) is 0 Å². The summed E-state index contributed by atoms with van der Waals surface area (Å²) in [5.74, 6) is 1.13. The first-order chi connectivity index (χ1) is 7.36. The SMILES string of the molecule is COCCCCSc1ccc(CO)cc1. The quantitative estimate of drug-likeness (QED) is 0.572. The number of rotatable bonds is 7. The molecule has 0 saturated carbocycles. The second-order valence-corrected chi connectivity index (χ2v) is 4.52. The first-order valence-corrected chi connectivity index (χ1v) is 6.17. The minimum absolute atomic E-state index is 0.124. The molecule has 0 spiro atoms. The number of benzene rings is 1. The number of hydrogen-bond acceptors (Lipinski definition) is 3. The molecule has 2 nitrogen and oxygen atoms in total.